The third-order valence-corrected chi connectivity index (χ3v) is 4.41. The van der Waals surface area contributed by atoms with Crippen molar-refractivity contribution in [3.63, 3.8) is 0 Å². The van der Waals surface area contributed by atoms with Crippen LogP contribution in [0.25, 0.3) is 0 Å². The first-order valence-electron chi connectivity index (χ1n) is 7.08. The van der Waals surface area contributed by atoms with Gasteiger partial charge in [-0.05, 0) is 37.2 Å². The summed E-state index contributed by atoms with van der Waals surface area (Å²) < 4.78 is 0. The highest BCUT2D eigenvalue weighted by atomic mass is 35.5. The molecule has 0 spiro atoms. The van der Waals surface area contributed by atoms with Gasteiger partial charge in [-0.25, -0.2) is 0 Å². The Balaban J connectivity index is 2.05. The van der Waals surface area contributed by atoms with Crippen molar-refractivity contribution in [1.29, 1.82) is 0 Å². The molecule has 1 aliphatic rings. The van der Waals surface area contributed by atoms with Crippen molar-refractivity contribution in [3.8, 4) is 0 Å². The van der Waals surface area contributed by atoms with Crippen LogP contribution in [0.1, 0.15) is 46.0 Å². The predicted molar refractivity (Wildman–Crippen MR) is 82.4 cm³/mol. The maximum Gasteiger partial charge on any atom is 0.271 e. The summed E-state index contributed by atoms with van der Waals surface area (Å²) in [4.78, 5) is 10.3. The third kappa shape index (κ3) is 3.85. The molecule has 1 N–H and O–H groups in total. The highest BCUT2D eigenvalue weighted by Gasteiger charge is 2.24. The van der Waals surface area contributed by atoms with Crippen LogP contribution in [0, 0.1) is 15.5 Å². The van der Waals surface area contributed by atoms with E-state index >= 15 is 0 Å². The molecule has 2 rings (SSSR count). The molecule has 0 amide bonds. The van der Waals surface area contributed by atoms with Gasteiger partial charge < -0.3 is 5.32 Å². The van der Waals surface area contributed by atoms with Crippen LogP contribution >= 0.6 is 11.6 Å². The molecule has 0 aromatic heterocycles. The maximum atomic E-state index is 10.7. The number of halogens is 1. The second-order valence-corrected chi connectivity index (χ2v) is 6.76. The fraction of sp³-hybridized carbons (Fsp3) is 0.600. The number of non-ortho nitro benzene ring substituents is 1. The molecule has 1 unspecified atom stereocenters. The minimum Gasteiger partial charge on any atom is -0.381 e. The van der Waals surface area contributed by atoms with Gasteiger partial charge in [0, 0.05) is 18.2 Å². The number of nitro groups is 1. The number of rotatable bonds is 3. The van der Waals surface area contributed by atoms with Crippen molar-refractivity contribution >= 4 is 23.0 Å². The van der Waals surface area contributed by atoms with E-state index in [1.54, 1.807) is 6.07 Å². The molecule has 1 aromatic rings. The predicted octanol–water partition coefficient (Wildman–Crippen LogP) is 5.02. The molecular formula is C15H21ClN2O2. The largest absolute Gasteiger partial charge is 0.381 e. The van der Waals surface area contributed by atoms with Gasteiger partial charge in [-0.1, -0.05) is 31.9 Å². The third-order valence-electron chi connectivity index (χ3n) is 4.10. The fourth-order valence-electron chi connectivity index (χ4n) is 2.76. The summed E-state index contributed by atoms with van der Waals surface area (Å²) in [6, 6.07) is 5.01. The summed E-state index contributed by atoms with van der Waals surface area (Å²) in [5.74, 6) is 0. The highest BCUT2D eigenvalue weighted by Crippen LogP contribution is 2.35. The lowest BCUT2D eigenvalue weighted by molar-refractivity contribution is -0.384. The van der Waals surface area contributed by atoms with E-state index < -0.39 is 4.92 Å². The summed E-state index contributed by atoms with van der Waals surface area (Å²) in [5, 5.41) is 14.6. The summed E-state index contributed by atoms with van der Waals surface area (Å²) in [7, 11) is 0. The van der Waals surface area contributed by atoms with Crippen LogP contribution in [0.4, 0.5) is 11.4 Å². The molecular weight excluding hydrogens is 276 g/mol. The van der Waals surface area contributed by atoms with Crippen molar-refractivity contribution in [2.45, 2.75) is 52.0 Å². The van der Waals surface area contributed by atoms with Crippen molar-refractivity contribution in [2.24, 2.45) is 5.41 Å². The van der Waals surface area contributed by atoms with E-state index in [9.17, 15) is 10.1 Å². The van der Waals surface area contributed by atoms with E-state index in [4.69, 9.17) is 11.6 Å². The first-order chi connectivity index (χ1) is 9.37. The van der Waals surface area contributed by atoms with Gasteiger partial charge in [0.15, 0.2) is 0 Å². The number of nitrogens with one attached hydrogen (secondary N) is 1. The topological polar surface area (TPSA) is 55.2 Å². The molecule has 0 radical (unpaired) electrons. The molecule has 110 valence electrons. The Morgan fingerprint density at radius 1 is 1.35 bits per heavy atom. The Labute approximate surface area is 124 Å². The molecule has 1 saturated carbocycles. The second kappa shape index (κ2) is 6.00. The molecule has 0 aliphatic heterocycles. The first-order valence-corrected chi connectivity index (χ1v) is 7.46. The zero-order chi connectivity index (χ0) is 14.8. The Hall–Kier alpha value is -1.29. The number of nitro benzene ring substituents is 1. The van der Waals surface area contributed by atoms with E-state index in [1.807, 2.05) is 0 Å². The normalized spacial score (nSPS) is 22.1. The number of hydrogen-bond acceptors (Lipinski definition) is 3. The molecule has 1 aromatic carbocycles. The second-order valence-electron chi connectivity index (χ2n) is 6.36. The lowest BCUT2D eigenvalue weighted by Gasteiger charge is -2.22. The highest BCUT2D eigenvalue weighted by molar-refractivity contribution is 6.33. The average Bonchev–Trinajstić information content (AvgIpc) is 2.53. The van der Waals surface area contributed by atoms with Crippen LogP contribution in [-0.4, -0.2) is 11.0 Å². The van der Waals surface area contributed by atoms with Crippen LogP contribution in [0.5, 0.6) is 0 Å². The fourth-order valence-corrected chi connectivity index (χ4v) is 2.99. The summed E-state index contributed by atoms with van der Waals surface area (Å²) in [6.07, 6.45) is 5.88. The van der Waals surface area contributed by atoms with Crippen LogP contribution in [0.15, 0.2) is 18.2 Å². The van der Waals surface area contributed by atoms with Gasteiger partial charge in [0.05, 0.1) is 15.6 Å². The van der Waals surface area contributed by atoms with Crippen LogP contribution in [0.3, 0.4) is 0 Å². The van der Waals surface area contributed by atoms with Gasteiger partial charge in [-0.15, -0.1) is 0 Å². The Bertz CT molecular complexity index is 503. The summed E-state index contributed by atoms with van der Waals surface area (Å²) in [5.41, 5.74) is 1.24. The zero-order valence-corrected chi connectivity index (χ0v) is 12.7. The van der Waals surface area contributed by atoms with E-state index in [0.717, 1.165) is 18.5 Å². The molecule has 1 aliphatic carbocycles. The molecule has 0 heterocycles. The Kier molecular flexibility index (Phi) is 4.53. The zero-order valence-electron chi connectivity index (χ0n) is 12.0. The monoisotopic (exact) mass is 296 g/mol. The number of hydrogen-bond donors (Lipinski definition) is 1. The van der Waals surface area contributed by atoms with Crippen molar-refractivity contribution < 1.29 is 4.92 Å². The van der Waals surface area contributed by atoms with Gasteiger partial charge in [0.25, 0.3) is 5.69 Å². The van der Waals surface area contributed by atoms with Gasteiger partial charge in [-0.2, -0.15) is 0 Å². The lowest BCUT2D eigenvalue weighted by Crippen LogP contribution is -2.19. The van der Waals surface area contributed by atoms with Crippen LogP contribution in [0.2, 0.25) is 5.02 Å². The Morgan fingerprint density at radius 2 is 2.10 bits per heavy atom. The molecule has 1 atom stereocenters. The average molecular weight is 297 g/mol. The van der Waals surface area contributed by atoms with Crippen molar-refractivity contribution in [3.05, 3.63) is 33.3 Å². The van der Waals surface area contributed by atoms with E-state index in [2.05, 4.69) is 19.2 Å². The van der Waals surface area contributed by atoms with Gasteiger partial charge in [-0.3, -0.25) is 10.1 Å². The molecule has 0 bridgehead atoms. The van der Waals surface area contributed by atoms with Crippen LogP contribution in [-0.2, 0) is 0 Å². The van der Waals surface area contributed by atoms with Gasteiger partial charge in [0.2, 0.25) is 0 Å². The Morgan fingerprint density at radius 3 is 2.75 bits per heavy atom. The van der Waals surface area contributed by atoms with Gasteiger partial charge >= 0.3 is 0 Å². The smallest absolute Gasteiger partial charge is 0.271 e. The molecule has 1 fully saturated rings. The quantitative estimate of drug-likeness (QED) is 0.484. The van der Waals surface area contributed by atoms with Gasteiger partial charge in [0.1, 0.15) is 0 Å². The minimum atomic E-state index is -0.427. The minimum absolute atomic E-state index is 0.0301. The number of anilines is 1. The standard InChI is InChI=1S/C15H21ClN2O2/c1-15(2)8-3-4-11(7-9-15)17-14-6-5-12(18(19)20)10-13(14)16/h5-6,10-11,17H,3-4,7-9H2,1-2H3. The summed E-state index contributed by atoms with van der Waals surface area (Å²) in [6.45, 7) is 4.63. The van der Waals surface area contributed by atoms with Crippen LogP contribution < -0.4 is 5.32 Å². The summed E-state index contributed by atoms with van der Waals surface area (Å²) >= 11 is 6.12. The first kappa shape index (κ1) is 15.1. The molecule has 20 heavy (non-hydrogen) atoms. The molecule has 0 saturated heterocycles. The van der Waals surface area contributed by atoms with E-state index in [0.29, 0.717) is 16.5 Å². The van der Waals surface area contributed by atoms with Crippen molar-refractivity contribution in [1.82, 2.24) is 0 Å². The molecule has 5 heteroatoms. The van der Waals surface area contributed by atoms with E-state index in [-0.39, 0.29) is 5.69 Å². The van der Waals surface area contributed by atoms with Crippen molar-refractivity contribution in [2.75, 3.05) is 5.32 Å². The van der Waals surface area contributed by atoms with E-state index in [1.165, 1.54) is 31.4 Å². The number of benzene rings is 1. The number of nitrogens with zero attached hydrogens (tertiary/aromatic N) is 1. The maximum absolute atomic E-state index is 10.7. The lowest BCUT2D eigenvalue weighted by atomic mass is 9.85. The molecule has 4 nitrogen and oxygen atoms in total. The SMILES string of the molecule is CC1(C)CCCC(Nc2ccc([N+](=O)[O-])cc2Cl)CC1.